The lowest BCUT2D eigenvalue weighted by Crippen LogP contribution is -2.43. The van der Waals surface area contributed by atoms with Crippen LogP contribution in [0.4, 0.5) is 17.5 Å². The van der Waals surface area contributed by atoms with Gasteiger partial charge in [-0.25, -0.2) is 19.6 Å². The normalized spacial score (nSPS) is 14.7. The molecule has 0 unspecified atom stereocenters. The summed E-state index contributed by atoms with van der Waals surface area (Å²) >= 11 is 0. The molecule has 5 rings (SSSR count). The highest BCUT2D eigenvalue weighted by Gasteiger charge is 2.15. The van der Waals surface area contributed by atoms with E-state index in [9.17, 15) is 0 Å². The van der Waals surface area contributed by atoms with Gasteiger partial charge in [0.1, 0.15) is 22.4 Å². The summed E-state index contributed by atoms with van der Waals surface area (Å²) in [6.07, 6.45) is 1.82. The number of aryl methyl sites for hydroxylation is 1. The molecule has 3 aromatic heterocycles. The van der Waals surface area contributed by atoms with Crippen molar-refractivity contribution in [2.24, 2.45) is 0 Å². The maximum atomic E-state index is 4.77. The minimum atomic E-state index is 0.189. The third kappa shape index (κ3) is 3.30. The third-order valence-electron chi connectivity index (χ3n) is 5.43. The second kappa shape index (κ2) is 7.49. The zero-order chi connectivity index (χ0) is 20.7. The van der Waals surface area contributed by atoms with Gasteiger partial charge in [0.25, 0.3) is 0 Å². The van der Waals surface area contributed by atoms with Crippen molar-refractivity contribution >= 4 is 39.4 Å². The van der Waals surface area contributed by atoms with E-state index in [2.05, 4.69) is 50.7 Å². The van der Waals surface area contributed by atoms with Crippen LogP contribution in [0.3, 0.4) is 0 Å². The number of anilines is 3. The van der Waals surface area contributed by atoms with Gasteiger partial charge < -0.3 is 15.5 Å². The Labute approximate surface area is 174 Å². The average molecular weight is 403 g/mol. The summed E-state index contributed by atoms with van der Waals surface area (Å²) in [6, 6.07) is 8.23. The van der Waals surface area contributed by atoms with Gasteiger partial charge in [0.2, 0.25) is 5.95 Å². The van der Waals surface area contributed by atoms with Crippen LogP contribution in [0.25, 0.3) is 21.9 Å². The monoisotopic (exact) mass is 403 g/mol. The van der Waals surface area contributed by atoms with Crippen LogP contribution in [0, 0.1) is 6.92 Å². The number of hydrogen-bond donors (Lipinski definition) is 2. The van der Waals surface area contributed by atoms with E-state index >= 15 is 0 Å². The zero-order valence-corrected chi connectivity index (χ0v) is 17.4. The molecule has 4 aromatic rings. The van der Waals surface area contributed by atoms with Gasteiger partial charge in [-0.3, -0.25) is 0 Å². The van der Waals surface area contributed by atoms with E-state index in [1.165, 1.54) is 5.69 Å². The smallest absolute Gasteiger partial charge is 0.228 e. The molecule has 1 saturated heterocycles. The van der Waals surface area contributed by atoms with Crippen LogP contribution < -0.4 is 15.5 Å². The van der Waals surface area contributed by atoms with Gasteiger partial charge in [-0.1, -0.05) is 5.21 Å². The second-order valence-electron chi connectivity index (χ2n) is 7.86. The Morgan fingerprint density at radius 2 is 1.90 bits per heavy atom. The van der Waals surface area contributed by atoms with Crippen LogP contribution >= 0.6 is 0 Å². The van der Waals surface area contributed by atoms with Crippen LogP contribution in [0.1, 0.15) is 25.6 Å². The molecule has 0 bridgehead atoms. The summed E-state index contributed by atoms with van der Waals surface area (Å²) in [6.45, 7) is 10.2. The number of fused-ring (bicyclic) bond motifs is 3. The van der Waals surface area contributed by atoms with Crippen molar-refractivity contribution in [3.63, 3.8) is 0 Å². The van der Waals surface area contributed by atoms with Crippen molar-refractivity contribution in [2.75, 3.05) is 36.4 Å². The summed E-state index contributed by atoms with van der Waals surface area (Å²) in [4.78, 5) is 16.4. The molecule has 1 fully saturated rings. The van der Waals surface area contributed by atoms with Crippen molar-refractivity contribution in [3.05, 3.63) is 36.2 Å². The Hall–Kier alpha value is -3.33. The minimum absolute atomic E-state index is 0.189. The van der Waals surface area contributed by atoms with Gasteiger partial charge in [0.05, 0.1) is 11.4 Å². The molecule has 154 valence electrons. The largest absolute Gasteiger partial charge is 0.368 e. The molecule has 30 heavy (non-hydrogen) atoms. The highest BCUT2D eigenvalue weighted by molar-refractivity contribution is 6.01. The molecule has 4 heterocycles. The summed E-state index contributed by atoms with van der Waals surface area (Å²) in [5.41, 5.74) is 4.75. The number of nitrogens with one attached hydrogen (secondary N) is 2. The fourth-order valence-electron chi connectivity index (χ4n) is 3.92. The Morgan fingerprint density at radius 3 is 2.67 bits per heavy atom. The average Bonchev–Trinajstić information content (AvgIpc) is 3.20. The number of hydrogen-bond acceptors (Lipinski definition) is 8. The molecule has 0 saturated carbocycles. The predicted molar refractivity (Wildman–Crippen MR) is 118 cm³/mol. The zero-order valence-electron chi connectivity index (χ0n) is 17.4. The molecule has 0 spiro atoms. The van der Waals surface area contributed by atoms with E-state index in [-0.39, 0.29) is 6.04 Å². The molecule has 9 nitrogen and oxygen atoms in total. The Kier molecular flexibility index (Phi) is 4.66. The topological polar surface area (TPSA) is 96.7 Å². The summed E-state index contributed by atoms with van der Waals surface area (Å²) in [5.74, 6) is 1.24. The first-order valence-electron chi connectivity index (χ1n) is 10.3. The lowest BCUT2D eigenvalue weighted by molar-refractivity contribution is 0.531. The van der Waals surface area contributed by atoms with Crippen molar-refractivity contribution in [1.82, 2.24) is 35.3 Å². The molecule has 1 aliphatic heterocycles. The second-order valence-corrected chi connectivity index (χ2v) is 7.86. The van der Waals surface area contributed by atoms with Crippen LogP contribution in [0.2, 0.25) is 0 Å². The van der Waals surface area contributed by atoms with Gasteiger partial charge in [-0.2, -0.15) is 0 Å². The highest BCUT2D eigenvalue weighted by Crippen LogP contribution is 2.26. The maximum Gasteiger partial charge on any atom is 0.228 e. The maximum absolute atomic E-state index is 4.77. The van der Waals surface area contributed by atoms with E-state index in [4.69, 9.17) is 9.97 Å². The molecule has 0 radical (unpaired) electrons. The van der Waals surface area contributed by atoms with E-state index in [1.54, 1.807) is 0 Å². The third-order valence-corrected chi connectivity index (χ3v) is 5.43. The van der Waals surface area contributed by atoms with Crippen molar-refractivity contribution < 1.29 is 0 Å². The molecule has 9 heteroatoms. The van der Waals surface area contributed by atoms with Crippen LogP contribution in [-0.4, -0.2) is 56.1 Å². The molecule has 2 N–H and O–H groups in total. The van der Waals surface area contributed by atoms with E-state index in [0.29, 0.717) is 5.95 Å². The number of piperazine rings is 1. The molecule has 0 atom stereocenters. The number of aromatic nitrogens is 6. The SMILES string of the molecule is Cc1nc(Nc2ncc3ccc4nnn(C(C)C)c4c3n2)ccc1N1CCNCC1. The summed E-state index contributed by atoms with van der Waals surface area (Å²) in [7, 11) is 0. The van der Waals surface area contributed by atoms with Crippen LogP contribution in [0.15, 0.2) is 30.5 Å². The first-order valence-corrected chi connectivity index (χ1v) is 10.3. The van der Waals surface area contributed by atoms with Crippen LogP contribution in [0.5, 0.6) is 0 Å². The van der Waals surface area contributed by atoms with Crippen LogP contribution in [-0.2, 0) is 0 Å². The summed E-state index contributed by atoms with van der Waals surface area (Å²) in [5, 5.41) is 16.2. The standard InChI is InChI=1S/C21H25N9/c1-13(2)30-20-16(27-28-30)5-4-15-12-23-21(26-19(15)20)25-18-7-6-17(14(3)24-18)29-10-8-22-9-11-29/h4-7,12-13,22H,8-11H2,1-3H3,(H,23,24,25,26). The predicted octanol–water partition coefficient (Wildman–Crippen LogP) is 2.81. The first-order chi connectivity index (χ1) is 14.6. The van der Waals surface area contributed by atoms with Crippen molar-refractivity contribution in [2.45, 2.75) is 26.8 Å². The fraction of sp³-hybridized carbons (Fsp3) is 0.381. The van der Waals surface area contributed by atoms with E-state index in [0.717, 1.165) is 59.6 Å². The molecule has 1 aliphatic rings. The van der Waals surface area contributed by atoms with Crippen molar-refractivity contribution in [3.8, 4) is 0 Å². The van der Waals surface area contributed by atoms with E-state index in [1.807, 2.05) is 36.0 Å². The Balaban J connectivity index is 1.48. The lowest BCUT2D eigenvalue weighted by Gasteiger charge is -2.30. The van der Waals surface area contributed by atoms with Gasteiger partial charge in [-0.15, -0.1) is 5.10 Å². The summed E-state index contributed by atoms with van der Waals surface area (Å²) < 4.78 is 1.90. The molecule has 1 aromatic carbocycles. The number of nitrogens with zero attached hydrogens (tertiary/aromatic N) is 7. The van der Waals surface area contributed by atoms with Gasteiger partial charge in [-0.05, 0) is 45.0 Å². The lowest BCUT2D eigenvalue weighted by atomic mass is 10.2. The van der Waals surface area contributed by atoms with Gasteiger partial charge in [0, 0.05) is 43.8 Å². The highest BCUT2D eigenvalue weighted by atomic mass is 15.4. The Bertz CT molecular complexity index is 1210. The first kappa shape index (κ1) is 18.7. The van der Waals surface area contributed by atoms with Gasteiger partial charge in [0.15, 0.2) is 0 Å². The number of benzene rings is 1. The van der Waals surface area contributed by atoms with Gasteiger partial charge >= 0.3 is 0 Å². The number of rotatable bonds is 4. The molecule has 0 aliphatic carbocycles. The molecular formula is C21H25N9. The fourth-order valence-corrected chi connectivity index (χ4v) is 3.92. The molecule has 0 amide bonds. The number of pyridine rings is 1. The molecular weight excluding hydrogens is 378 g/mol. The minimum Gasteiger partial charge on any atom is -0.368 e. The quantitative estimate of drug-likeness (QED) is 0.537. The Morgan fingerprint density at radius 1 is 1.07 bits per heavy atom. The van der Waals surface area contributed by atoms with E-state index < -0.39 is 0 Å². The van der Waals surface area contributed by atoms with Crippen molar-refractivity contribution in [1.29, 1.82) is 0 Å².